The van der Waals surface area contributed by atoms with Gasteiger partial charge in [0.15, 0.2) is 0 Å². The molecule has 0 N–H and O–H groups in total. The number of nitrogens with zero attached hydrogens (tertiary/aromatic N) is 3. The van der Waals surface area contributed by atoms with Crippen molar-refractivity contribution in [2.45, 2.75) is 13.8 Å². The predicted octanol–water partition coefficient (Wildman–Crippen LogP) is 0.784. The summed E-state index contributed by atoms with van der Waals surface area (Å²) < 4.78 is 4.95. The first-order chi connectivity index (χ1) is 7.70. The summed E-state index contributed by atoms with van der Waals surface area (Å²) in [5, 5.41) is 0. The van der Waals surface area contributed by atoms with Crippen LogP contribution in [0.4, 0.5) is 5.95 Å². The number of hydrogen-bond donors (Lipinski definition) is 0. The summed E-state index contributed by atoms with van der Waals surface area (Å²) in [6.45, 7) is 5.49. The molecule has 0 aliphatic carbocycles. The molecule has 0 aromatic carbocycles. The molecule has 1 aromatic rings. The molecule has 0 atom stereocenters. The molecule has 0 amide bonds. The lowest BCUT2D eigenvalue weighted by Crippen LogP contribution is -2.51. The molecule has 5 heteroatoms. The van der Waals surface area contributed by atoms with Gasteiger partial charge in [-0.3, -0.25) is 4.79 Å². The van der Waals surface area contributed by atoms with E-state index in [0.29, 0.717) is 25.6 Å². The van der Waals surface area contributed by atoms with Crippen LogP contribution >= 0.6 is 0 Å². The molecule has 0 bridgehead atoms. The Bertz CT molecular complexity index is 389. The Balaban J connectivity index is 1.91. The Labute approximate surface area is 94.5 Å². The van der Waals surface area contributed by atoms with Gasteiger partial charge in [0.1, 0.15) is 0 Å². The number of esters is 1. The Morgan fingerprint density at radius 1 is 1.62 bits per heavy atom. The molecule has 1 saturated heterocycles. The normalized spacial score (nSPS) is 15.8. The van der Waals surface area contributed by atoms with Crippen molar-refractivity contribution in [1.29, 1.82) is 0 Å². The monoisotopic (exact) mass is 221 g/mol. The van der Waals surface area contributed by atoms with Crippen molar-refractivity contribution in [3.05, 3.63) is 18.0 Å². The van der Waals surface area contributed by atoms with Gasteiger partial charge in [-0.1, -0.05) is 0 Å². The van der Waals surface area contributed by atoms with Crippen LogP contribution in [0.15, 0.2) is 12.3 Å². The number of rotatable bonds is 3. The molecule has 1 aliphatic rings. The van der Waals surface area contributed by atoms with Gasteiger partial charge in [0.2, 0.25) is 5.95 Å². The van der Waals surface area contributed by atoms with Crippen molar-refractivity contribution >= 4 is 11.9 Å². The molecule has 0 saturated carbocycles. The minimum atomic E-state index is -0.119. The van der Waals surface area contributed by atoms with Crippen LogP contribution < -0.4 is 4.90 Å². The summed E-state index contributed by atoms with van der Waals surface area (Å²) in [7, 11) is 0. The molecule has 16 heavy (non-hydrogen) atoms. The van der Waals surface area contributed by atoms with E-state index >= 15 is 0 Å². The first kappa shape index (κ1) is 10.9. The van der Waals surface area contributed by atoms with Crippen molar-refractivity contribution in [3.63, 3.8) is 0 Å². The van der Waals surface area contributed by atoms with Crippen molar-refractivity contribution < 1.29 is 9.53 Å². The van der Waals surface area contributed by atoms with E-state index in [1.165, 1.54) is 0 Å². The summed E-state index contributed by atoms with van der Waals surface area (Å²) in [5.41, 5.74) is 0.935. The molecule has 86 valence electrons. The van der Waals surface area contributed by atoms with Crippen molar-refractivity contribution in [3.8, 4) is 0 Å². The molecular formula is C11H15N3O2. The summed E-state index contributed by atoms with van der Waals surface area (Å²) in [5.74, 6) is 0.552. The average molecular weight is 221 g/mol. The van der Waals surface area contributed by atoms with Crippen molar-refractivity contribution in [2.75, 3.05) is 24.6 Å². The molecular weight excluding hydrogens is 206 g/mol. The summed E-state index contributed by atoms with van der Waals surface area (Å²) in [6.07, 6.45) is 1.73. The van der Waals surface area contributed by atoms with Gasteiger partial charge < -0.3 is 9.64 Å². The zero-order chi connectivity index (χ0) is 11.5. The second-order valence-corrected chi connectivity index (χ2v) is 3.85. The number of anilines is 1. The smallest absolute Gasteiger partial charge is 0.312 e. The lowest BCUT2D eigenvalue weighted by molar-refractivity contribution is -0.148. The van der Waals surface area contributed by atoms with E-state index < -0.39 is 0 Å². The highest BCUT2D eigenvalue weighted by Crippen LogP contribution is 2.21. The lowest BCUT2D eigenvalue weighted by Gasteiger charge is -2.37. The summed E-state index contributed by atoms with van der Waals surface area (Å²) >= 11 is 0. The van der Waals surface area contributed by atoms with Crippen molar-refractivity contribution in [2.24, 2.45) is 5.92 Å². The zero-order valence-corrected chi connectivity index (χ0v) is 9.51. The fourth-order valence-corrected chi connectivity index (χ4v) is 1.64. The molecule has 1 fully saturated rings. The summed E-state index contributed by atoms with van der Waals surface area (Å²) in [4.78, 5) is 21.8. The SMILES string of the molecule is CCOC(=O)C1CN(c2nccc(C)n2)C1. The number of carbonyl (C=O) groups is 1. The van der Waals surface area contributed by atoms with Gasteiger partial charge >= 0.3 is 5.97 Å². The Kier molecular flexibility index (Phi) is 3.03. The molecule has 0 radical (unpaired) electrons. The fourth-order valence-electron chi connectivity index (χ4n) is 1.64. The first-order valence-corrected chi connectivity index (χ1v) is 5.42. The number of hydrogen-bond acceptors (Lipinski definition) is 5. The van der Waals surface area contributed by atoms with Gasteiger partial charge in [-0.15, -0.1) is 0 Å². The molecule has 1 aliphatic heterocycles. The van der Waals surface area contributed by atoms with Crippen LogP contribution in [-0.4, -0.2) is 35.6 Å². The largest absolute Gasteiger partial charge is 0.466 e. The predicted molar refractivity (Wildman–Crippen MR) is 59.1 cm³/mol. The van der Waals surface area contributed by atoms with Gasteiger partial charge in [-0.2, -0.15) is 0 Å². The zero-order valence-electron chi connectivity index (χ0n) is 9.51. The van der Waals surface area contributed by atoms with E-state index in [1.54, 1.807) is 6.20 Å². The second kappa shape index (κ2) is 4.47. The molecule has 1 aromatic heterocycles. The molecule has 0 unspecified atom stereocenters. The minimum absolute atomic E-state index is 0.0240. The van der Waals surface area contributed by atoms with Gasteiger partial charge in [-0.25, -0.2) is 9.97 Å². The Morgan fingerprint density at radius 2 is 2.38 bits per heavy atom. The minimum Gasteiger partial charge on any atom is -0.466 e. The van der Waals surface area contributed by atoms with Crippen LogP contribution in [0.1, 0.15) is 12.6 Å². The Morgan fingerprint density at radius 3 is 3.00 bits per heavy atom. The molecule has 5 nitrogen and oxygen atoms in total. The quantitative estimate of drug-likeness (QED) is 0.706. The van der Waals surface area contributed by atoms with E-state index in [-0.39, 0.29) is 11.9 Å². The first-order valence-electron chi connectivity index (χ1n) is 5.42. The molecule has 2 rings (SSSR count). The van der Waals surface area contributed by atoms with Crippen LogP contribution in [0.5, 0.6) is 0 Å². The number of aryl methyl sites for hydroxylation is 1. The highest BCUT2D eigenvalue weighted by molar-refractivity contribution is 5.76. The van der Waals surface area contributed by atoms with Crippen LogP contribution in [0, 0.1) is 12.8 Å². The standard InChI is InChI=1S/C11H15N3O2/c1-3-16-10(15)9-6-14(7-9)11-12-5-4-8(2)13-11/h4-5,9H,3,6-7H2,1-2H3. The maximum Gasteiger partial charge on any atom is 0.312 e. The third-order valence-electron chi connectivity index (χ3n) is 2.57. The molecule has 0 spiro atoms. The van der Waals surface area contributed by atoms with Crippen LogP contribution in [0.25, 0.3) is 0 Å². The number of carbonyl (C=O) groups excluding carboxylic acids is 1. The van der Waals surface area contributed by atoms with Crippen molar-refractivity contribution in [1.82, 2.24) is 9.97 Å². The number of aromatic nitrogens is 2. The van der Waals surface area contributed by atoms with E-state index in [0.717, 1.165) is 5.69 Å². The maximum atomic E-state index is 11.4. The second-order valence-electron chi connectivity index (χ2n) is 3.85. The molecule has 2 heterocycles. The van der Waals surface area contributed by atoms with E-state index in [4.69, 9.17) is 4.74 Å². The lowest BCUT2D eigenvalue weighted by atomic mass is 10.0. The highest BCUT2D eigenvalue weighted by atomic mass is 16.5. The topological polar surface area (TPSA) is 55.3 Å². The van der Waals surface area contributed by atoms with Gasteiger partial charge in [0.25, 0.3) is 0 Å². The Hall–Kier alpha value is -1.65. The van der Waals surface area contributed by atoms with E-state index in [1.807, 2.05) is 24.8 Å². The van der Waals surface area contributed by atoms with Gasteiger partial charge in [0, 0.05) is 25.0 Å². The fraction of sp³-hybridized carbons (Fsp3) is 0.545. The van der Waals surface area contributed by atoms with Crippen LogP contribution in [-0.2, 0) is 9.53 Å². The van der Waals surface area contributed by atoms with Gasteiger partial charge in [0.05, 0.1) is 12.5 Å². The van der Waals surface area contributed by atoms with Crippen LogP contribution in [0.2, 0.25) is 0 Å². The van der Waals surface area contributed by atoms with E-state index in [2.05, 4.69) is 9.97 Å². The summed E-state index contributed by atoms with van der Waals surface area (Å²) in [6, 6.07) is 1.85. The van der Waals surface area contributed by atoms with E-state index in [9.17, 15) is 4.79 Å². The third-order valence-corrected chi connectivity index (χ3v) is 2.57. The maximum absolute atomic E-state index is 11.4. The number of ether oxygens (including phenoxy) is 1. The highest BCUT2D eigenvalue weighted by Gasteiger charge is 2.35. The average Bonchev–Trinajstić information content (AvgIpc) is 2.15. The van der Waals surface area contributed by atoms with Gasteiger partial charge in [-0.05, 0) is 19.9 Å². The van der Waals surface area contributed by atoms with Crippen LogP contribution in [0.3, 0.4) is 0 Å². The third kappa shape index (κ3) is 2.13.